The summed E-state index contributed by atoms with van der Waals surface area (Å²) in [5.74, 6) is 1.34. The number of nitrogens with zero attached hydrogens (tertiary/aromatic N) is 5. The van der Waals surface area contributed by atoms with Crippen LogP contribution in [0.4, 0.5) is 0 Å². The van der Waals surface area contributed by atoms with Crippen LogP contribution < -0.4 is 0 Å². The zero-order valence-electron chi connectivity index (χ0n) is 12.5. The number of hydrogen-bond donors (Lipinski definition) is 0. The summed E-state index contributed by atoms with van der Waals surface area (Å²) in [6, 6.07) is 1.73. The number of hydrogen-bond acceptors (Lipinski definition) is 6. The second-order valence-corrected chi connectivity index (χ2v) is 6.04. The van der Waals surface area contributed by atoms with Crippen molar-refractivity contribution >= 4 is 5.91 Å². The fraction of sp³-hybridized carbons (Fsp3) is 0.571. The van der Waals surface area contributed by atoms with Gasteiger partial charge in [-0.25, -0.2) is 0 Å². The van der Waals surface area contributed by atoms with Crippen molar-refractivity contribution < 1.29 is 14.1 Å². The number of ether oxygens (including phenoxy) is 1. The highest BCUT2D eigenvalue weighted by Gasteiger charge is 2.56. The van der Waals surface area contributed by atoms with Crippen molar-refractivity contribution in [3.63, 3.8) is 0 Å². The van der Waals surface area contributed by atoms with Crippen LogP contribution in [0.1, 0.15) is 22.2 Å². The van der Waals surface area contributed by atoms with Crippen LogP contribution >= 0.6 is 0 Å². The summed E-state index contributed by atoms with van der Waals surface area (Å²) in [6.45, 7) is 4.07. The van der Waals surface area contributed by atoms with Crippen LogP contribution in [0, 0.1) is 12.8 Å². The molecule has 2 aromatic rings. The van der Waals surface area contributed by atoms with E-state index in [1.807, 2.05) is 4.90 Å². The minimum atomic E-state index is -0.379. The average molecular weight is 303 g/mol. The lowest BCUT2D eigenvalue weighted by Crippen LogP contribution is -2.38. The number of carbonyl (C=O) groups excluding carboxylic acids is 1. The van der Waals surface area contributed by atoms with Gasteiger partial charge in [-0.1, -0.05) is 5.16 Å². The Labute approximate surface area is 127 Å². The molecular formula is C14H17N5O3. The first-order chi connectivity index (χ1) is 10.6. The van der Waals surface area contributed by atoms with Crippen LogP contribution in [0.3, 0.4) is 0 Å². The molecule has 4 rings (SSSR count). The van der Waals surface area contributed by atoms with Gasteiger partial charge in [-0.15, -0.1) is 0 Å². The fourth-order valence-corrected chi connectivity index (χ4v) is 3.44. The Bertz CT molecular complexity index is 724. The van der Waals surface area contributed by atoms with Gasteiger partial charge in [0.05, 0.1) is 18.6 Å². The van der Waals surface area contributed by atoms with Crippen molar-refractivity contribution in [1.82, 2.24) is 24.8 Å². The number of aryl methyl sites for hydroxylation is 2. The standard InChI is InChI=1S/C14H17N5O3/c1-9-16-13(22-17-9)14-7-19(5-10(14)6-21-8-14)12(20)11-3-4-15-18(11)2/h3-4,10H,5-8H2,1-2H3/t10-,14-/m1/s1. The quantitative estimate of drug-likeness (QED) is 0.785. The molecular weight excluding hydrogens is 286 g/mol. The summed E-state index contributed by atoms with van der Waals surface area (Å²) >= 11 is 0. The number of rotatable bonds is 2. The minimum absolute atomic E-state index is 0.0231. The molecule has 2 atom stereocenters. The van der Waals surface area contributed by atoms with Gasteiger partial charge in [0, 0.05) is 32.3 Å². The first-order valence-electron chi connectivity index (χ1n) is 7.26. The van der Waals surface area contributed by atoms with E-state index in [4.69, 9.17) is 9.26 Å². The van der Waals surface area contributed by atoms with Crippen molar-refractivity contribution in [2.45, 2.75) is 12.3 Å². The number of aromatic nitrogens is 4. The molecule has 22 heavy (non-hydrogen) atoms. The van der Waals surface area contributed by atoms with Crippen LogP contribution in [0.15, 0.2) is 16.8 Å². The number of likely N-dealkylation sites (tertiary alicyclic amines) is 1. The summed E-state index contributed by atoms with van der Waals surface area (Å²) < 4.78 is 12.6. The molecule has 4 heterocycles. The van der Waals surface area contributed by atoms with Crippen LogP contribution in [-0.4, -0.2) is 57.0 Å². The Morgan fingerprint density at radius 1 is 1.50 bits per heavy atom. The average Bonchev–Trinajstić information content (AvgIpc) is 3.19. The summed E-state index contributed by atoms with van der Waals surface area (Å²) in [4.78, 5) is 18.9. The monoisotopic (exact) mass is 303 g/mol. The lowest BCUT2D eigenvalue weighted by atomic mass is 9.81. The number of carbonyl (C=O) groups is 1. The Morgan fingerprint density at radius 3 is 3.05 bits per heavy atom. The molecule has 0 spiro atoms. The Hall–Kier alpha value is -2.22. The third kappa shape index (κ3) is 1.80. The molecule has 2 aliphatic rings. The van der Waals surface area contributed by atoms with E-state index in [1.165, 1.54) is 0 Å². The van der Waals surface area contributed by atoms with E-state index in [1.54, 1.807) is 30.9 Å². The number of amides is 1. The third-order valence-electron chi connectivity index (χ3n) is 4.65. The maximum atomic E-state index is 12.7. The molecule has 0 saturated carbocycles. The topological polar surface area (TPSA) is 86.3 Å². The molecule has 0 N–H and O–H groups in total. The van der Waals surface area contributed by atoms with Crippen LogP contribution in [0.2, 0.25) is 0 Å². The zero-order valence-corrected chi connectivity index (χ0v) is 12.5. The van der Waals surface area contributed by atoms with E-state index in [-0.39, 0.29) is 17.2 Å². The lowest BCUT2D eigenvalue weighted by molar-refractivity contribution is 0.0726. The highest BCUT2D eigenvalue weighted by atomic mass is 16.5. The van der Waals surface area contributed by atoms with Gasteiger partial charge in [0.1, 0.15) is 5.69 Å². The van der Waals surface area contributed by atoms with Crippen molar-refractivity contribution in [2.24, 2.45) is 13.0 Å². The number of fused-ring (bicyclic) bond motifs is 1. The molecule has 8 nitrogen and oxygen atoms in total. The predicted octanol–water partition coefficient (Wildman–Crippen LogP) is 0.152. The molecule has 2 saturated heterocycles. The van der Waals surface area contributed by atoms with E-state index < -0.39 is 0 Å². The van der Waals surface area contributed by atoms with E-state index in [0.29, 0.717) is 43.7 Å². The fourth-order valence-electron chi connectivity index (χ4n) is 3.44. The maximum Gasteiger partial charge on any atom is 0.272 e. The Balaban J connectivity index is 1.65. The van der Waals surface area contributed by atoms with Crippen LogP contribution in [-0.2, 0) is 17.2 Å². The maximum absolute atomic E-state index is 12.7. The smallest absolute Gasteiger partial charge is 0.272 e. The molecule has 2 aliphatic heterocycles. The molecule has 2 fully saturated rings. The molecule has 0 unspecified atom stereocenters. The molecule has 0 radical (unpaired) electrons. The van der Waals surface area contributed by atoms with Gasteiger partial charge in [0.2, 0.25) is 5.89 Å². The molecule has 1 amide bonds. The zero-order chi connectivity index (χ0) is 15.3. The van der Waals surface area contributed by atoms with Crippen molar-refractivity contribution in [2.75, 3.05) is 26.3 Å². The molecule has 0 bridgehead atoms. The van der Waals surface area contributed by atoms with Crippen LogP contribution in [0.5, 0.6) is 0 Å². The van der Waals surface area contributed by atoms with E-state index in [9.17, 15) is 4.79 Å². The molecule has 0 aliphatic carbocycles. The van der Waals surface area contributed by atoms with Gasteiger partial charge < -0.3 is 14.2 Å². The predicted molar refractivity (Wildman–Crippen MR) is 74.1 cm³/mol. The minimum Gasteiger partial charge on any atom is -0.380 e. The van der Waals surface area contributed by atoms with E-state index >= 15 is 0 Å². The second-order valence-electron chi connectivity index (χ2n) is 6.04. The molecule has 8 heteroatoms. The van der Waals surface area contributed by atoms with Gasteiger partial charge in [-0.2, -0.15) is 10.1 Å². The first kappa shape index (κ1) is 13.4. The second kappa shape index (κ2) is 4.64. The lowest BCUT2D eigenvalue weighted by Gasteiger charge is -2.22. The summed E-state index contributed by atoms with van der Waals surface area (Å²) in [5.41, 5.74) is 0.202. The molecule has 116 valence electrons. The third-order valence-corrected chi connectivity index (χ3v) is 4.65. The first-order valence-corrected chi connectivity index (χ1v) is 7.26. The normalized spacial score (nSPS) is 27.4. The Kier molecular flexibility index (Phi) is 2.83. The summed E-state index contributed by atoms with van der Waals surface area (Å²) in [5, 5.41) is 7.95. The SMILES string of the molecule is Cc1noc([C@]23COC[C@H]2CN(C(=O)c2ccnn2C)C3)n1. The summed E-state index contributed by atoms with van der Waals surface area (Å²) in [7, 11) is 1.77. The van der Waals surface area contributed by atoms with Gasteiger partial charge in [-0.05, 0) is 13.0 Å². The van der Waals surface area contributed by atoms with Crippen molar-refractivity contribution in [1.29, 1.82) is 0 Å². The van der Waals surface area contributed by atoms with Gasteiger partial charge in [0.25, 0.3) is 5.91 Å². The molecule has 2 aromatic heterocycles. The highest BCUT2D eigenvalue weighted by molar-refractivity contribution is 5.92. The van der Waals surface area contributed by atoms with Crippen molar-refractivity contribution in [3.8, 4) is 0 Å². The van der Waals surface area contributed by atoms with Gasteiger partial charge in [0.15, 0.2) is 5.82 Å². The van der Waals surface area contributed by atoms with E-state index in [2.05, 4.69) is 15.2 Å². The van der Waals surface area contributed by atoms with Gasteiger partial charge in [-0.3, -0.25) is 9.48 Å². The van der Waals surface area contributed by atoms with Crippen molar-refractivity contribution in [3.05, 3.63) is 29.7 Å². The Morgan fingerprint density at radius 2 is 2.36 bits per heavy atom. The highest BCUT2D eigenvalue weighted by Crippen LogP contribution is 2.43. The molecule has 0 aromatic carbocycles. The summed E-state index contributed by atoms with van der Waals surface area (Å²) in [6.07, 6.45) is 1.63. The van der Waals surface area contributed by atoms with Crippen LogP contribution in [0.25, 0.3) is 0 Å². The van der Waals surface area contributed by atoms with Gasteiger partial charge >= 0.3 is 0 Å². The van der Waals surface area contributed by atoms with E-state index in [0.717, 1.165) is 0 Å². The largest absolute Gasteiger partial charge is 0.380 e.